The van der Waals surface area contributed by atoms with Crippen molar-refractivity contribution < 1.29 is 4.42 Å². The topological polar surface area (TPSA) is 33.5 Å². The van der Waals surface area contributed by atoms with Crippen LogP contribution in [0.15, 0.2) is 57.7 Å². The van der Waals surface area contributed by atoms with Gasteiger partial charge in [0.15, 0.2) is 5.76 Å². The molecule has 3 aromatic rings. The fourth-order valence-electron chi connectivity index (χ4n) is 2.40. The lowest BCUT2D eigenvalue weighted by Crippen LogP contribution is -2.11. The molecule has 3 rings (SSSR count). The quantitative estimate of drug-likeness (QED) is 0.616. The molecule has 1 heterocycles. The highest BCUT2D eigenvalue weighted by molar-refractivity contribution is 14.1. The summed E-state index contributed by atoms with van der Waals surface area (Å²) in [4.78, 5) is 14.2. The monoisotopic (exact) mass is 391 g/mol. The maximum absolute atomic E-state index is 12.2. The van der Waals surface area contributed by atoms with Crippen LogP contribution in [0.2, 0.25) is 0 Å². The van der Waals surface area contributed by atoms with Crippen molar-refractivity contribution in [2.45, 2.75) is 0 Å². The highest BCUT2D eigenvalue weighted by atomic mass is 127. The van der Waals surface area contributed by atoms with Crippen LogP contribution >= 0.6 is 22.6 Å². The molecule has 3 nitrogen and oxygen atoms in total. The minimum absolute atomic E-state index is 0.297. The van der Waals surface area contributed by atoms with Crippen molar-refractivity contribution in [2.75, 3.05) is 19.0 Å². The van der Waals surface area contributed by atoms with Crippen LogP contribution in [0.3, 0.4) is 0 Å². The first kappa shape index (κ1) is 14.1. The summed E-state index contributed by atoms with van der Waals surface area (Å²) in [5, 5.41) is 1.55. The highest BCUT2D eigenvalue weighted by Crippen LogP contribution is 2.34. The molecule has 0 amide bonds. The Balaban J connectivity index is 2.37. The second kappa shape index (κ2) is 5.52. The van der Waals surface area contributed by atoms with Crippen LogP contribution in [0.25, 0.3) is 22.1 Å². The van der Waals surface area contributed by atoms with Crippen molar-refractivity contribution in [3.05, 3.63) is 62.5 Å². The van der Waals surface area contributed by atoms with Crippen LogP contribution in [-0.4, -0.2) is 14.1 Å². The third-order valence-corrected chi connectivity index (χ3v) is 4.48. The fraction of sp³-hybridized carbons (Fsp3) is 0.118. The first-order valence-electron chi connectivity index (χ1n) is 6.57. The molecule has 0 aliphatic rings. The van der Waals surface area contributed by atoms with Crippen molar-refractivity contribution in [3.8, 4) is 11.3 Å². The largest absolute Gasteiger partial charge is 0.421 e. The number of nitrogens with zero attached hydrogens (tertiary/aromatic N) is 1. The normalized spacial score (nSPS) is 10.8. The van der Waals surface area contributed by atoms with E-state index < -0.39 is 0 Å². The van der Waals surface area contributed by atoms with E-state index in [1.165, 1.54) is 0 Å². The Morgan fingerprint density at radius 2 is 1.57 bits per heavy atom. The molecule has 1 aromatic heterocycles. The number of halogens is 1. The number of hydrogen-bond acceptors (Lipinski definition) is 3. The standard InChI is InChI=1S/C17H14INO2/c1-19(2)14-10-6-5-9-13(14)16-15(18)11-7-3-4-8-12(11)17(20)21-16/h3-10H,1-2H3. The van der Waals surface area contributed by atoms with Gasteiger partial charge in [0, 0.05) is 30.7 Å². The average Bonchev–Trinajstić information content (AvgIpc) is 2.51. The predicted octanol–water partition coefficient (Wildman–Crippen LogP) is 4.13. The molecule has 21 heavy (non-hydrogen) atoms. The van der Waals surface area contributed by atoms with Gasteiger partial charge < -0.3 is 9.32 Å². The molecule has 106 valence electrons. The molecule has 0 aliphatic heterocycles. The number of rotatable bonds is 2. The average molecular weight is 391 g/mol. The van der Waals surface area contributed by atoms with Gasteiger partial charge in [-0.25, -0.2) is 4.79 Å². The van der Waals surface area contributed by atoms with Gasteiger partial charge in [0.1, 0.15) is 0 Å². The molecule has 0 unspecified atom stereocenters. The van der Waals surface area contributed by atoms with E-state index in [0.29, 0.717) is 11.1 Å². The van der Waals surface area contributed by atoms with Crippen LogP contribution in [0, 0.1) is 3.57 Å². The van der Waals surface area contributed by atoms with E-state index in [1.807, 2.05) is 61.5 Å². The van der Waals surface area contributed by atoms with Crippen molar-refractivity contribution in [1.82, 2.24) is 0 Å². The molecule has 0 spiro atoms. The summed E-state index contributed by atoms with van der Waals surface area (Å²) >= 11 is 2.25. The molecule has 0 atom stereocenters. The van der Waals surface area contributed by atoms with E-state index in [-0.39, 0.29) is 5.63 Å². The summed E-state index contributed by atoms with van der Waals surface area (Å²) in [7, 11) is 3.95. The Bertz CT molecular complexity index is 868. The Morgan fingerprint density at radius 3 is 2.29 bits per heavy atom. The van der Waals surface area contributed by atoms with E-state index in [9.17, 15) is 4.79 Å². The Kier molecular flexibility index (Phi) is 3.71. The second-order valence-corrected chi connectivity index (χ2v) is 6.07. The smallest absolute Gasteiger partial charge is 0.344 e. The Morgan fingerprint density at radius 1 is 0.952 bits per heavy atom. The summed E-state index contributed by atoms with van der Waals surface area (Å²) in [5.74, 6) is 0.628. The molecule has 0 bridgehead atoms. The maximum atomic E-state index is 12.2. The zero-order valence-electron chi connectivity index (χ0n) is 11.8. The van der Waals surface area contributed by atoms with E-state index in [1.54, 1.807) is 6.07 Å². The summed E-state index contributed by atoms with van der Waals surface area (Å²) in [6.45, 7) is 0. The lowest BCUT2D eigenvalue weighted by molar-refractivity contribution is 0.532. The van der Waals surface area contributed by atoms with Gasteiger partial charge in [0.05, 0.1) is 8.96 Å². The number of hydrogen-bond donors (Lipinski definition) is 0. The third kappa shape index (κ3) is 2.44. The minimum atomic E-state index is -0.297. The van der Waals surface area contributed by atoms with Crippen LogP contribution in [0.4, 0.5) is 5.69 Å². The van der Waals surface area contributed by atoms with E-state index >= 15 is 0 Å². The van der Waals surface area contributed by atoms with Gasteiger partial charge in [0.25, 0.3) is 0 Å². The van der Waals surface area contributed by atoms with E-state index in [4.69, 9.17) is 4.42 Å². The van der Waals surface area contributed by atoms with Crippen molar-refractivity contribution in [2.24, 2.45) is 0 Å². The van der Waals surface area contributed by atoms with Crippen molar-refractivity contribution in [3.63, 3.8) is 0 Å². The van der Waals surface area contributed by atoms with Crippen molar-refractivity contribution >= 4 is 39.1 Å². The molecule has 2 aromatic carbocycles. The number of fused-ring (bicyclic) bond motifs is 1. The second-order valence-electron chi connectivity index (χ2n) is 4.99. The Hall–Kier alpha value is -1.82. The zero-order valence-corrected chi connectivity index (χ0v) is 13.9. The van der Waals surface area contributed by atoms with Crippen LogP contribution < -0.4 is 10.5 Å². The molecule has 0 aliphatic carbocycles. The number of anilines is 1. The lowest BCUT2D eigenvalue weighted by Gasteiger charge is -2.17. The minimum Gasteiger partial charge on any atom is -0.421 e. The van der Waals surface area contributed by atoms with Crippen LogP contribution in [0.1, 0.15) is 0 Å². The van der Waals surface area contributed by atoms with E-state index in [0.717, 1.165) is 20.2 Å². The SMILES string of the molecule is CN(C)c1ccccc1-c1oc(=O)c2ccccc2c1I. The molecule has 0 saturated heterocycles. The summed E-state index contributed by atoms with van der Waals surface area (Å²) < 4.78 is 6.56. The molecule has 0 N–H and O–H groups in total. The number of benzene rings is 2. The van der Waals surface area contributed by atoms with Crippen LogP contribution in [-0.2, 0) is 0 Å². The third-order valence-electron chi connectivity index (χ3n) is 3.41. The molecular formula is C17H14INO2. The van der Waals surface area contributed by atoms with Gasteiger partial charge in [-0.15, -0.1) is 0 Å². The molecule has 0 saturated carbocycles. The summed E-state index contributed by atoms with van der Waals surface area (Å²) in [6, 6.07) is 15.5. The zero-order chi connectivity index (χ0) is 15.0. The molecule has 0 fully saturated rings. The lowest BCUT2D eigenvalue weighted by atomic mass is 10.1. The summed E-state index contributed by atoms with van der Waals surface area (Å²) in [5.41, 5.74) is 1.65. The van der Waals surface area contributed by atoms with Crippen molar-refractivity contribution in [1.29, 1.82) is 0 Å². The fourth-order valence-corrected chi connectivity index (χ4v) is 3.27. The predicted molar refractivity (Wildman–Crippen MR) is 95.0 cm³/mol. The Labute approximate surface area is 136 Å². The number of para-hydroxylation sites is 1. The molecule has 4 heteroatoms. The first-order chi connectivity index (χ1) is 10.1. The maximum Gasteiger partial charge on any atom is 0.344 e. The highest BCUT2D eigenvalue weighted by Gasteiger charge is 2.16. The van der Waals surface area contributed by atoms with E-state index in [2.05, 4.69) is 22.6 Å². The van der Waals surface area contributed by atoms with Gasteiger partial charge in [0.2, 0.25) is 0 Å². The van der Waals surface area contributed by atoms with Gasteiger partial charge >= 0.3 is 5.63 Å². The van der Waals surface area contributed by atoms with Gasteiger partial charge in [-0.2, -0.15) is 0 Å². The summed E-state index contributed by atoms with van der Waals surface area (Å²) in [6.07, 6.45) is 0. The van der Waals surface area contributed by atoms with Gasteiger partial charge in [-0.05, 0) is 40.8 Å². The van der Waals surface area contributed by atoms with Gasteiger partial charge in [-0.1, -0.05) is 30.3 Å². The molecule has 0 radical (unpaired) electrons. The van der Waals surface area contributed by atoms with Crippen LogP contribution in [0.5, 0.6) is 0 Å². The first-order valence-corrected chi connectivity index (χ1v) is 7.65. The molecular weight excluding hydrogens is 377 g/mol. The van der Waals surface area contributed by atoms with Gasteiger partial charge in [-0.3, -0.25) is 0 Å².